The number of benzene rings is 1. The Kier molecular flexibility index (Phi) is 3.09. The topological polar surface area (TPSA) is 81.4 Å². The van der Waals surface area contributed by atoms with E-state index in [2.05, 4.69) is 4.72 Å². The van der Waals surface area contributed by atoms with Crippen LogP contribution in [0.2, 0.25) is 0 Å². The number of anilines is 2. The summed E-state index contributed by atoms with van der Waals surface area (Å²) in [6.07, 6.45) is 1.07. The van der Waals surface area contributed by atoms with Crippen molar-refractivity contribution in [1.29, 1.82) is 0 Å². The molecule has 0 saturated heterocycles. The largest absolute Gasteiger partial charge is 0.492 e. The highest BCUT2D eigenvalue weighted by Gasteiger charge is 2.11. The van der Waals surface area contributed by atoms with Gasteiger partial charge < -0.3 is 10.5 Å². The van der Waals surface area contributed by atoms with Gasteiger partial charge in [-0.15, -0.1) is 0 Å². The lowest BCUT2D eigenvalue weighted by atomic mass is 10.2. The second-order valence-electron chi connectivity index (χ2n) is 3.31. The summed E-state index contributed by atoms with van der Waals surface area (Å²) < 4.78 is 29.5. The average Bonchev–Trinajstić information content (AvgIpc) is 1.99. The minimum atomic E-state index is -3.33. The highest BCUT2D eigenvalue weighted by Crippen LogP contribution is 2.32. The van der Waals surface area contributed by atoms with Crippen molar-refractivity contribution in [2.75, 3.05) is 23.8 Å². The molecule has 15 heavy (non-hydrogen) atoms. The molecule has 0 aliphatic carbocycles. The molecule has 0 atom stereocenters. The first-order chi connectivity index (χ1) is 6.83. The van der Waals surface area contributed by atoms with Gasteiger partial charge >= 0.3 is 0 Å². The van der Waals surface area contributed by atoms with Crippen molar-refractivity contribution < 1.29 is 13.2 Å². The van der Waals surface area contributed by atoms with E-state index in [9.17, 15) is 8.42 Å². The first-order valence-corrected chi connectivity index (χ1v) is 6.14. The summed E-state index contributed by atoms with van der Waals surface area (Å²) in [4.78, 5) is 0. The normalized spacial score (nSPS) is 11.1. The molecule has 1 aromatic rings. The van der Waals surface area contributed by atoms with E-state index in [1.165, 1.54) is 7.11 Å². The Balaban J connectivity index is 3.27. The number of nitrogens with two attached hydrogens (primary N) is 1. The van der Waals surface area contributed by atoms with E-state index in [0.717, 1.165) is 11.8 Å². The molecule has 0 aromatic heterocycles. The average molecular weight is 230 g/mol. The molecule has 6 heteroatoms. The van der Waals surface area contributed by atoms with Crippen LogP contribution in [-0.2, 0) is 10.0 Å². The summed E-state index contributed by atoms with van der Waals surface area (Å²) in [7, 11) is -1.89. The van der Waals surface area contributed by atoms with Crippen LogP contribution in [0.25, 0.3) is 0 Å². The van der Waals surface area contributed by atoms with Crippen molar-refractivity contribution in [1.82, 2.24) is 0 Å². The third-order valence-corrected chi connectivity index (χ3v) is 2.35. The molecule has 0 aliphatic heterocycles. The van der Waals surface area contributed by atoms with Crippen molar-refractivity contribution in [3.05, 3.63) is 17.7 Å². The van der Waals surface area contributed by atoms with E-state index in [-0.39, 0.29) is 0 Å². The van der Waals surface area contributed by atoms with Crippen molar-refractivity contribution in [3.8, 4) is 5.75 Å². The zero-order chi connectivity index (χ0) is 11.6. The molecule has 0 unspecified atom stereocenters. The third kappa shape index (κ3) is 3.02. The second kappa shape index (κ2) is 3.98. The number of rotatable bonds is 3. The molecule has 0 spiro atoms. The van der Waals surface area contributed by atoms with Crippen LogP contribution in [0.4, 0.5) is 11.4 Å². The molecule has 0 saturated carbocycles. The number of ether oxygens (including phenoxy) is 1. The third-order valence-electron chi connectivity index (χ3n) is 1.76. The molecule has 0 fully saturated rings. The molecule has 0 heterocycles. The summed E-state index contributed by atoms with van der Waals surface area (Å²) in [6, 6.07) is 3.38. The molecule has 0 amide bonds. The van der Waals surface area contributed by atoms with E-state index in [0.29, 0.717) is 17.1 Å². The molecular formula is C9H14N2O3S. The predicted octanol–water partition coefficient (Wildman–Crippen LogP) is 0.957. The van der Waals surface area contributed by atoms with Gasteiger partial charge in [0, 0.05) is 0 Å². The van der Waals surface area contributed by atoms with Crippen molar-refractivity contribution >= 4 is 21.4 Å². The predicted molar refractivity (Wildman–Crippen MR) is 60.6 cm³/mol. The fourth-order valence-corrected chi connectivity index (χ4v) is 1.86. The number of methoxy groups -OCH3 is 1. The van der Waals surface area contributed by atoms with Crippen molar-refractivity contribution in [2.24, 2.45) is 0 Å². The fourth-order valence-electron chi connectivity index (χ4n) is 1.30. The monoisotopic (exact) mass is 230 g/mol. The second-order valence-corrected chi connectivity index (χ2v) is 5.06. The number of hydrogen-bond donors (Lipinski definition) is 2. The Morgan fingerprint density at radius 2 is 2.00 bits per heavy atom. The highest BCUT2D eigenvalue weighted by atomic mass is 32.2. The van der Waals surface area contributed by atoms with Crippen LogP contribution in [0.1, 0.15) is 5.56 Å². The summed E-state index contributed by atoms with van der Waals surface area (Å²) in [5.74, 6) is 0.339. The molecule has 0 aliphatic rings. The Hall–Kier alpha value is -1.43. The lowest BCUT2D eigenvalue weighted by Gasteiger charge is -2.12. The van der Waals surface area contributed by atoms with Crippen LogP contribution in [-0.4, -0.2) is 21.8 Å². The van der Waals surface area contributed by atoms with Crippen molar-refractivity contribution in [2.45, 2.75) is 6.92 Å². The van der Waals surface area contributed by atoms with Gasteiger partial charge in [0.05, 0.1) is 24.7 Å². The van der Waals surface area contributed by atoms with Crippen LogP contribution in [0.15, 0.2) is 12.1 Å². The van der Waals surface area contributed by atoms with Crippen LogP contribution >= 0.6 is 0 Å². The number of hydrogen-bond acceptors (Lipinski definition) is 4. The maximum absolute atomic E-state index is 11.1. The standard InChI is InChI=1S/C9H14N2O3S/c1-6-4-7(10)9(14-2)8(5-6)11-15(3,12)13/h4-5,11H,10H2,1-3H3. The maximum Gasteiger partial charge on any atom is 0.229 e. The van der Waals surface area contributed by atoms with Gasteiger partial charge in [0.25, 0.3) is 0 Å². The molecule has 1 aromatic carbocycles. The van der Waals surface area contributed by atoms with Gasteiger partial charge in [0.1, 0.15) is 0 Å². The lowest BCUT2D eigenvalue weighted by molar-refractivity contribution is 0.419. The van der Waals surface area contributed by atoms with Crippen LogP contribution in [0, 0.1) is 6.92 Å². The molecule has 0 bridgehead atoms. The molecule has 3 N–H and O–H groups in total. The SMILES string of the molecule is COc1c(N)cc(C)cc1NS(C)(=O)=O. The Bertz CT molecular complexity index is 468. The van der Waals surface area contributed by atoms with E-state index in [1.807, 2.05) is 6.92 Å². The Morgan fingerprint density at radius 1 is 1.40 bits per heavy atom. The Morgan fingerprint density at radius 3 is 2.47 bits per heavy atom. The lowest BCUT2D eigenvalue weighted by Crippen LogP contribution is -2.11. The van der Waals surface area contributed by atoms with E-state index < -0.39 is 10.0 Å². The number of sulfonamides is 1. The van der Waals surface area contributed by atoms with Gasteiger partial charge in [-0.2, -0.15) is 0 Å². The molecule has 1 rings (SSSR count). The summed E-state index contributed by atoms with van der Waals surface area (Å²) >= 11 is 0. The zero-order valence-electron chi connectivity index (χ0n) is 8.87. The first-order valence-electron chi connectivity index (χ1n) is 4.25. The van der Waals surface area contributed by atoms with Crippen LogP contribution in [0.5, 0.6) is 5.75 Å². The van der Waals surface area contributed by atoms with Gasteiger partial charge in [-0.25, -0.2) is 8.42 Å². The summed E-state index contributed by atoms with van der Waals surface area (Å²) in [6.45, 7) is 1.82. The Labute approximate surface area is 89.3 Å². The minimum Gasteiger partial charge on any atom is -0.492 e. The van der Waals surface area contributed by atoms with Crippen LogP contribution in [0.3, 0.4) is 0 Å². The van der Waals surface area contributed by atoms with Gasteiger partial charge in [0.15, 0.2) is 5.75 Å². The highest BCUT2D eigenvalue weighted by molar-refractivity contribution is 7.92. The fraction of sp³-hybridized carbons (Fsp3) is 0.333. The summed E-state index contributed by atoms with van der Waals surface area (Å²) in [5, 5.41) is 0. The number of nitrogens with one attached hydrogen (secondary N) is 1. The summed E-state index contributed by atoms with van der Waals surface area (Å²) in [5.41, 5.74) is 7.32. The molecule has 84 valence electrons. The van der Waals surface area contributed by atoms with E-state index in [4.69, 9.17) is 10.5 Å². The van der Waals surface area contributed by atoms with Crippen LogP contribution < -0.4 is 15.2 Å². The zero-order valence-corrected chi connectivity index (χ0v) is 9.68. The van der Waals surface area contributed by atoms with Gasteiger partial charge in [-0.3, -0.25) is 4.72 Å². The minimum absolute atomic E-state index is 0.339. The molecule has 0 radical (unpaired) electrons. The first kappa shape index (κ1) is 11.6. The molecular weight excluding hydrogens is 216 g/mol. The quantitative estimate of drug-likeness (QED) is 0.758. The van der Waals surface area contributed by atoms with Gasteiger partial charge in [0.2, 0.25) is 10.0 Å². The number of nitrogen functional groups attached to an aromatic ring is 1. The van der Waals surface area contributed by atoms with E-state index in [1.54, 1.807) is 12.1 Å². The smallest absolute Gasteiger partial charge is 0.229 e. The van der Waals surface area contributed by atoms with Gasteiger partial charge in [-0.1, -0.05) is 0 Å². The van der Waals surface area contributed by atoms with Crippen molar-refractivity contribution in [3.63, 3.8) is 0 Å². The maximum atomic E-state index is 11.1. The van der Waals surface area contributed by atoms with Gasteiger partial charge in [-0.05, 0) is 24.6 Å². The molecule has 5 nitrogen and oxygen atoms in total. The van der Waals surface area contributed by atoms with E-state index >= 15 is 0 Å². The number of aryl methyl sites for hydroxylation is 1.